The molecule has 0 aromatic rings. The van der Waals surface area contributed by atoms with Crippen molar-refractivity contribution in [3.63, 3.8) is 0 Å². The summed E-state index contributed by atoms with van der Waals surface area (Å²) in [5, 5.41) is 12.0. The second-order valence-electron chi connectivity index (χ2n) is 10.8. The molecule has 3 aliphatic rings. The normalized spacial score (nSPS) is 30.0. The number of nitrogens with one attached hydrogen (secondary N) is 3. The molecule has 1 aliphatic carbocycles. The molecule has 3 unspecified atom stereocenters. The fourth-order valence-corrected chi connectivity index (χ4v) is 5.96. The van der Waals surface area contributed by atoms with Crippen LogP contribution in [0.3, 0.4) is 0 Å². The van der Waals surface area contributed by atoms with Crippen molar-refractivity contribution in [2.24, 2.45) is 23.2 Å². The maximum atomic E-state index is 6.24. The third-order valence-electron chi connectivity index (χ3n) is 7.54. The number of halogens is 1. The Labute approximate surface area is 195 Å². The molecule has 5 heteroatoms. The van der Waals surface area contributed by atoms with E-state index in [2.05, 4.69) is 79.8 Å². The van der Waals surface area contributed by atoms with Crippen LogP contribution in [0.2, 0.25) is 0 Å². The number of dihydropyridines is 1. The van der Waals surface area contributed by atoms with Gasteiger partial charge in [0.05, 0.1) is 6.17 Å². The predicted molar refractivity (Wildman–Crippen MR) is 134 cm³/mol. The topological polar surface area (TPSA) is 39.3 Å². The number of rotatable bonds is 9. The van der Waals surface area contributed by atoms with Crippen LogP contribution in [0.4, 0.5) is 0 Å². The Morgan fingerprint density at radius 1 is 1.29 bits per heavy atom. The van der Waals surface area contributed by atoms with Crippen LogP contribution in [0.15, 0.2) is 35.0 Å². The summed E-state index contributed by atoms with van der Waals surface area (Å²) >= 11 is 6.24. The summed E-state index contributed by atoms with van der Waals surface area (Å²) in [6.45, 7) is 17.2. The second-order valence-corrected chi connectivity index (χ2v) is 11.3. The molecule has 176 valence electrons. The average Bonchev–Trinajstić information content (AvgIpc) is 2.72. The first kappa shape index (κ1) is 24.8. The van der Waals surface area contributed by atoms with E-state index in [4.69, 9.17) is 11.6 Å². The molecular formula is C26H45ClN4. The minimum Gasteiger partial charge on any atom is -0.369 e. The van der Waals surface area contributed by atoms with Crippen molar-refractivity contribution in [2.75, 3.05) is 32.7 Å². The zero-order valence-electron chi connectivity index (χ0n) is 20.4. The minimum absolute atomic E-state index is 0.244. The van der Waals surface area contributed by atoms with Gasteiger partial charge in [0.1, 0.15) is 0 Å². The van der Waals surface area contributed by atoms with Gasteiger partial charge in [-0.3, -0.25) is 5.32 Å². The summed E-state index contributed by atoms with van der Waals surface area (Å²) in [6.07, 6.45) is 13.9. The number of allylic oxidation sites excluding steroid dienone is 4. The van der Waals surface area contributed by atoms with Crippen LogP contribution in [0.1, 0.15) is 60.3 Å². The smallest absolute Gasteiger partial charge is 0.0961 e. The lowest BCUT2D eigenvalue weighted by Crippen LogP contribution is -2.53. The highest BCUT2D eigenvalue weighted by Gasteiger charge is 2.40. The first-order chi connectivity index (χ1) is 14.8. The molecular weight excluding hydrogens is 404 g/mol. The van der Waals surface area contributed by atoms with Gasteiger partial charge in [0.2, 0.25) is 0 Å². The molecule has 4 nitrogen and oxygen atoms in total. The van der Waals surface area contributed by atoms with Gasteiger partial charge in [0, 0.05) is 36.4 Å². The van der Waals surface area contributed by atoms with Crippen LogP contribution < -0.4 is 16.0 Å². The van der Waals surface area contributed by atoms with Crippen LogP contribution in [0, 0.1) is 23.2 Å². The van der Waals surface area contributed by atoms with Crippen LogP contribution >= 0.6 is 11.6 Å². The summed E-state index contributed by atoms with van der Waals surface area (Å²) in [5.41, 5.74) is 1.63. The highest BCUT2D eigenvalue weighted by atomic mass is 35.5. The third-order valence-corrected chi connectivity index (χ3v) is 7.88. The second kappa shape index (κ2) is 11.4. The Morgan fingerprint density at radius 3 is 2.74 bits per heavy atom. The molecule has 0 amide bonds. The van der Waals surface area contributed by atoms with Gasteiger partial charge in [-0.1, -0.05) is 58.4 Å². The van der Waals surface area contributed by atoms with E-state index in [1.165, 1.54) is 38.0 Å². The van der Waals surface area contributed by atoms with Crippen LogP contribution in [-0.2, 0) is 0 Å². The molecule has 2 aliphatic heterocycles. The van der Waals surface area contributed by atoms with Crippen LogP contribution in [-0.4, -0.2) is 49.8 Å². The fourth-order valence-electron chi connectivity index (χ4n) is 5.76. The quantitative estimate of drug-likeness (QED) is 0.471. The number of hydrogen-bond donors (Lipinski definition) is 3. The Morgan fingerprint density at radius 2 is 2.10 bits per heavy atom. The molecule has 1 fully saturated rings. The van der Waals surface area contributed by atoms with Crippen LogP contribution in [0.25, 0.3) is 0 Å². The van der Waals surface area contributed by atoms with E-state index >= 15 is 0 Å². The lowest BCUT2D eigenvalue weighted by atomic mass is 9.65. The standard InChI is InChI=1S/C26H45ClN4/c1-6-28-25-9-7-8-22(30-25)16-29-24(19(2)3)17-31-15-14-23(26(4,5)18-31)20-10-12-21(27)13-11-20/h7-9,12,19-20,23-25,28-30H,6,10-11,13-18H2,1-5H3/t20?,23?,24-,25?/m0/s1. The van der Waals surface area contributed by atoms with Crippen LogP contribution in [0.5, 0.6) is 0 Å². The molecule has 4 atom stereocenters. The van der Waals surface area contributed by atoms with E-state index in [9.17, 15) is 0 Å². The maximum absolute atomic E-state index is 6.24. The molecule has 0 aromatic carbocycles. The molecule has 0 radical (unpaired) electrons. The Bertz CT molecular complexity index is 666. The third kappa shape index (κ3) is 7.08. The van der Waals surface area contributed by atoms with Crippen molar-refractivity contribution in [3.05, 3.63) is 35.0 Å². The predicted octanol–water partition coefficient (Wildman–Crippen LogP) is 4.85. The summed E-state index contributed by atoms with van der Waals surface area (Å²) in [7, 11) is 0. The molecule has 0 saturated carbocycles. The fraction of sp³-hybridized carbons (Fsp3) is 0.769. The first-order valence-corrected chi connectivity index (χ1v) is 12.8. The van der Waals surface area contributed by atoms with E-state index < -0.39 is 0 Å². The van der Waals surface area contributed by atoms with Gasteiger partial charge in [0.25, 0.3) is 0 Å². The summed E-state index contributed by atoms with van der Waals surface area (Å²) in [6, 6.07) is 0.495. The van der Waals surface area contributed by atoms with E-state index in [1.54, 1.807) is 0 Å². The molecule has 31 heavy (non-hydrogen) atoms. The van der Waals surface area contributed by atoms with E-state index in [0.29, 0.717) is 17.4 Å². The highest BCUT2D eigenvalue weighted by molar-refractivity contribution is 6.29. The zero-order valence-corrected chi connectivity index (χ0v) is 21.1. The van der Waals surface area contributed by atoms with Gasteiger partial charge in [-0.15, -0.1) is 0 Å². The number of piperidine rings is 1. The van der Waals surface area contributed by atoms with Gasteiger partial charge in [-0.05, 0) is 74.1 Å². The van der Waals surface area contributed by atoms with Crippen molar-refractivity contribution < 1.29 is 0 Å². The number of likely N-dealkylation sites (tertiary alicyclic amines) is 1. The van der Waals surface area contributed by atoms with Gasteiger partial charge in [-0.25, -0.2) is 0 Å². The SMILES string of the molecule is CCNC1C=CC=C(CN[C@@H](CN2CCC(C3CC=C(Cl)CC3)C(C)(C)C2)C(C)C)N1. The average molecular weight is 449 g/mol. The molecule has 3 N–H and O–H groups in total. The monoisotopic (exact) mass is 448 g/mol. The van der Waals surface area contributed by atoms with Gasteiger partial charge < -0.3 is 15.5 Å². The molecule has 3 rings (SSSR count). The Balaban J connectivity index is 1.51. The van der Waals surface area contributed by atoms with E-state index in [-0.39, 0.29) is 6.17 Å². The Kier molecular flexibility index (Phi) is 9.10. The molecule has 0 aromatic heterocycles. The summed E-state index contributed by atoms with van der Waals surface area (Å²) < 4.78 is 0. The zero-order chi connectivity index (χ0) is 22.4. The van der Waals surface area contributed by atoms with Crippen molar-refractivity contribution in [3.8, 4) is 0 Å². The minimum atomic E-state index is 0.244. The highest BCUT2D eigenvalue weighted by Crippen LogP contribution is 2.44. The number of nitrogens with zero attached hydrogens (tertiary/aromatic N) is 1. The maximum Gasteiger partial charge on any atom is 0.0961 e. The molecule has 1 saturated heterocycles. The molecule has 0 bridgehead atoms. The van der Waals surface area contributed by atoms with Crippen molar-refractivity contribution in [1.29, 1.82) is 0 Å². The summed E-state index contributed by atoms with van der Waals surface area (Å²) in [4.78, 5) is 2.71. The van der Waals surface area contributed by atoms with E-state index in [1.807, 2.05) is 0 Å². The molecule has 2 heterocycles. The van der Waals surface area contributed by atoms with Gasteiger partial charge in [0.15, 0.2) is 0 Å². The number of likely N-dealkylation sites (N-methyl/N-ethyl adjacent to an activating group) is 1. The van der Waals surface area contributed by atoms with Gasteiger partial charge >= 0.3 is 0 Å². The Hall–Kier alpha value is -0.810. The van der Waals surface area contributed by atoms with Crippen molar-refractivity contribution in [2.45, 2.75) is 72.5 Å². The lowest BCUT2D eigenvalue weighted by Gasteiger charge is -2.49. The summed E-state index contributed by atoms with van der Waals surface area (Å²) in [5.74, 6) is 2.22. The first-order valence-electron chi connectivity index (χ1n) is 12.5. The van der Waals surface area contributed by atoms with E-state index in [0.717, 1.165) is 42.9 Å². The van der Waals surface area contributed by atoms with Crippen molar-refractivity contribution >= 4 is 11.6 Å². The number of hydrogen-bond acceptors (Lipinski definition) is 4. The molecule has 0 spiro atoms. The largest absolute Gasteiger partial charge is 0.369 e. The van der Waals surface area contributed by atoms with Crippen molar-refractivity contribution in [1.82, 2.24) is 20.9 Å². The lowest BCUT2D eigenvalue weighted by molar-refractivity contribution is 0.0120. The van der Waals surface area contributed by atoms with Gasteiger partial charge in [-0.2, -0.15) is 0 Å².